The highest BCUT2D eigenvalue weighted by atomic mass is 32.2. The lowest BCUT2D eigenvalue weighted by Gasteiger charge is -1.89. The molecule has 1 unspecified atom stereocenters. The van der Waals surface area contributed by atoms with Crippen molar-refractivity contribution in [2.24, 2.45) is 0 Å². The summed E-state index contributed by atoms with van der Waals surface area (Å²) in [5.74, 6) is 0.845. The highest BCUT2D eigenvalue weighted by Crippen LogP contribution is 1.97. The first-order valence-corrected chi connectivity index (χ1v) is 4.01. The van der Waals surface area contributed by atoms with E-state index in [1.807, 2.05) is 0 Å². The predicted octanol–water partition coefficient (Wildman–Crippen LogP) is 0.439. The van der Waals surface area contributed by atoms with Crippen LogP contribution in [0, 0.1) is 0 Å². The van der Waals surface area contributed by atoms with Crippen molar-refractivity contribution < 1.29 is 13.2 Å². The Morgan fingerprint density at radius 3 is 3.10 bits per heavy atom. The molecule has 1 aromatic rings. The number of oxazole rings is 1. The van der Waals surface area contributed by atoms with Crippen LogP contribution in [0.1, 0.15) is 5.76 Å². The molecule has 0 aliphatic carbocycles. The van der Waals surface area contributed by atoms with E-state index in [4.69, 9.17) is 8.97 Å². The van der Waals surface area contributed by atoms with Crippen LogP contribution in [0.5, 0.6) is 0 Å². The van der Waals surface area contributed by atoms with Crippen molar-refractivity contribution in [2.75, 3.05) is 5.75 Å². The van der Waals surface area contributed by atoms with Gasteiger partial charge in [0.05, 0.1) is 11.9 Å². The first kappa shape index (κ1) is 7.43. The molecule has 4 nitrogen and oxygen atoms in total. The molecule has 0 amide bonds. The first-order valence-electron chi connectivity index (χ1n) is 2.74. The normalized spacial score (nSPS) is 13.3. The molecule has 1 atom stereocenters. The van der Waals surface area contributed by atoms with Crippen molar-refractivity contribution in [3.8, 4) is 0 Å². The van der Waals surface area contributed by atoms with Gasteiger partial charge in [-0.05, 0) is 0 Å². The van der Waals surface area contributed by atoms with Crippen molar-refractivity contribution in [1.82, 2.24) is 4.98 Å². The van der Waals surface area contributed by atoms with Gasteiger partial charge in [-0.2, -0.15) is 0 Å². The molecule has 0 aliphatic heterocycles. The van der Waals surface area contributed by atoms with Crippen molar-refractivity contribution >= 4 is 11.1 Å². The van der Waals surface area contributed by atoms with Gasteiger partial charge in [-0.3, -0.25) is 0 Å². The molecule has 10 heavy (non-hydrogen) atoms. The molecule has 0 radical (unpaired) electrons. The van der Waals surface area contributed by atoms with Gasteiger partial charge in [0.2, 0.25) is 0 Å². The van der Waals surface area contributed by atoms with Gasteiger partial charge in [0.25, 0.3) is 0 Å². The van der Waals surface area contributed by atoms with Gasteiger partial charge in [-0.1, -0.05) is 0 Å². The Bertz CT molecular complexity index is 209. The van der Waals surface area contributed by atoms with Crippen molar-refractivity contribution in [1.29, 1.82) is 0 Å². The van der Waals surface area contributed by atoms with E-state index in [0.717, 1.165) is 0 Å². The van der Waals surface area contributed by atoms with E-state index in [0.29, 0.717) is 12.2 Å². The minimum atomic E-state index is -1.74. The van der Waals surface area contributed by atoms with Crippen LogP contribution in [-0.4, -0.2) is 19.5 Å². The smallest absolute Gasteiger partial charge is 0.180 e. The summed E-state index contributed by atoms with van der Waals surface area (Å²) >= 11 is -1.74. The second-order valence-corrected chi connectivity index (χ2v) is 2.79. The fourth-order valence-corrected chi connectivity index (χ4v) is 0.929. The monoisotopic (exact) mass is 161 g/mol. The van der Waals surface area contributed by atoms with Crippen LogP contribution in [0.2, 0.25) is 0 Å². The SMILES string of the molecule is O=S(O)CCc1cnco1. The van der Waals surface area contributed by atoms with Crippen LogP contribution in [0.15, 0.2) is 17.0 Å². The second-order valence-electron chi connectivity index (χ2n) is 1.74. The summed E-state index contributed by atoms with van der Waals surface area (Å²) in [5, 5.41) is 0. The highest BCUT2D eigenvalue weighted by Gasteiger charge is 1.98. The molecule has 0 saturated heterocycles. The maximum absolute atomic E-state index is 10.1. The number of hydrogen-bond donors (Lipinski definition) is 1. The molecule has 1 N–H and O–H groups in total. The fourth-order valence-electron chi connectivity index (χ4n) is 0.553. The average Bonchev–Trinajstić information content (AvgIpc) is 2.34. The van der Waals surface area contributed by atoms with Crippen LogP contribution < -0.4 is 0 Å². The molecular formula is C5H7NO3S. The van der Waals surface area contributed by atoms with Gasteiger partial charge in [-0.25, -0.2) is 9.19 Å². The van der Waals surface area contributed by atoms with E-state index >= 15 is 0 Å². The molecule has 0 fully saturated rings. The number of rotatable bonds is 3. The maximum atomic E-state index is 10.1. The summed E-state index contributed by atoms with van der Waals surface area (Å²) in [6, 6.07) is 0. The quantitative estimate of drug-likeness (QED) is 0.653. The zero-order valence-corrected chi connectivity index (χ0v) is 6.00. The molecule has 0 saturated carbocycles. The van der Waals surface area contributed by atoms with Crippen LogP contribution >= 0.6 is 0 Å². The van der Waals surface area contributed by atoms with Gasteiger partial charge in [0, 0.05) is 6.42 Å². The van der Waals surface area contributed by atoms with Crippen LogP contribution in [-0.2, 0) is 17.5 Å². The van der Waals surface area contributed by atoms with E-state index in [1.165, 1.54) is 12.6 Å². The molecule has 1 aromatic heterocycles. The Labute approximate surface area is 60.6 Å². The third-order valence-corrected chi connectivity index (χ3v) is 1.56. The number of hydrogen-bond acceptors (Lipinski definition) is 3. The zero-order chi connectivity index (χ0) is 7.40. The lowest BCUT2D eigenvalue weighted by Crippen LogP contribution is -1.97. The van der Waals surface area contributed by atoms with Gasteiger partial charge in [0.1, 0.15) is 5.76 Å². The van der Waals surface area contributed by atoms with Gasteiger partial charge in [0.15, 0.2) is 17.5 Å². The first-order chi connectivity index (χ1) is 4.79. The number of aryl methyl sites for hydroxylation is 1. The van der Waals surface area contributed by atoms with E-state index in [2.05, 4.69) is 4.98 Å². The van der Waals surface area contributed by atoms with Gasteiger partial charge >= 0.3 is 0 Å². The number of nitrogens with zero attached hydrogens (tertiary/aromatic N) is 1. The highest BCUT2D eigenvalue weighted by molar-refractivity contribution is 7.79. The molecule has 0 bridgehead atoms. The predicted molar refractivity (Wildman–Crippen MR) is 35.8 cm³/mol. The van der Waals surface area contributed by atoms with Crippen LogP contribution in [0.3, 0.4) is 0 Å². The van der Waals surface area contributed by atoms with E-state index in [9.17, 15) is 4.21 Å². The minimum absolute atomic E-state index is 0.204. The molecular weight excluding hydrogens is 154 g/mol. The maximum Gasteiger partial charge on any atom is 0.180 e. The van der Waals surface area contributed by atoms with E-state index in [1.54, 1.807) is 0 Å². The topological polar surface area (TPSA) is 63.3 Å². The summed E-state index contributed by atoms with van der Waals surface area (Å²) in [7, 11) is 0. The third kappa shape index (κ3) is 2.28. The Morgan fingerprint density at radius 2 is 2.60 bits per heavy atom. The lowest BCUT2D eigenvalue weighted by molar-refractivity contribution is 0.505. The van der Waals surface area contributed by atoms with Crippen molar-refractivity contribution in [3.63, 3.8) is 0 Å². The lowest BCUT2D eigenvalue weighted by atomic mass is 10.4. The second kappa shape index (κ2) is 3.48. The van der Waals surface area contributed by atoms with Crippen molar-refractivity contribution in [3.05, 3.63) is 18.4 Å². The summed E-state index contributed by atoms with van der Waals surface area (Å²) in [6.07, 6.45) is 3.30. The molecule has 0 spiro atoms. The Balaban J connectivity index is 2.35. The molecule has 1 rings (SSSR count). The van der Waals surface area contributed by atoms with Crippen molar-refractivity contribution in [2.45, 2.75) is 6.42 Å². The summed E-state index contributed by atoms with van der Waals surface area (Å²) in [4.78, 5) is 3.65. The van der Waals surface area contributed by atoms with Gasteiger partial charge in [-0.15, -0.1) is 0 Å². The van der Waals surface area contributed by atoms with Gasteiger partial charge < -0.3 is 8.97 Å². The van der Waals surface area contributed by atoms with Crippen LogP contribution in [0.4, 0.5) is 0 Å². The summed E-state index contributed by atoms with van der Waals surface area (Å²) in [6.45, 7) is 0. The zero-order valence-electron chi connectivity index (χ0n) is 5.19. The standard InChI is InChI=1S/C5H7NO3S/c7-10(8)2-1-5-3-6-4-9-5/h3-4H,1-2H2,(H,7,8). The Kier molecular flexibility index (Phi) is 2.58. The van der Waals surface area contributed by atoms with Crippen LogP contribution in [0.25, 0.3) is 0 Å². The summed E-state index contributed by atoms with van der Waals surface area (Å²) in [5.41, 5.74) is 0. The Hall–Kier alpha value is -0.680. The number of aromatic nitrogens is 1. The van der Waals surface area contributed by atoms with E-state index in [-0.39, 0.29) is 5.75 Å². The Morgan fingerprint density at radius 1 is 1.80 bits per heavy atom. The largest absolute Gasteiger partial charge is 0.448 e. The minimum Gasteiger partial charge on any atom is -0.448 e. The molecule has 1 heterocycles. The molecule has 56 valence electrons. The average molecular weight is 161 g/mol. The molecule has 5 heteroatoms. The molecule has 0 aliphatic rings. The third-order valence-electron chi connectivity index (χ3n) is 1.01. The summed E-state index contributed by atoms with van der Waals surface area (Å²) < 4.78 is 23.3. The molecule has 0 aromatic carbocycles. The fraction of sp³-hybridized carbons (Fsp3) is 0.400. The van der Waals surface area contributed by atoms with E-state index < -0.39 is 11.1 Å².